The summed E-state index contributed by atoms with van der Waals surface area (Å²) in [5.74, 6) is -0.356. The van der Waals surface area contributed by atoms with E-state index in [9.17, 15) is 14.7 Å². The van der Waals surface area contributed by atoms with Gasteiger partial charge in [-0.05, 0) is 18.1 Å². The van der Waals surface area contributed by atoms with Crippen molar-refractivity contribution in [3.8, 4) is 0 Å². The van der Waals surface area contributed by atoms with Crippen LogP contribution < -0.4 is 10.2 Å². The number of carbonyl (C=O) groups excluding carboxylic acids is 2. The van der Waals surface area contributed by atoms with Gasteiger partial charge >= 0.3 is 0 Å². The Balaban J connectivity index is 2.06. The average molecular weight is 290 g/mol. The van der Waals surface area contributed by atoms with Gasteiger partial charge in [0.2, 0.25) is 11.8 Å². The lowest BCUT2D eigenvalue weighted by molar-refractivity contribution is -0.125. The summed E-state index contributed by atoms with van der Waals surface area (Å²) < 4.78 is 0. The molecule has 0 saturated heterocycles. The van der Waals surface area contributed by atoms with Gasteiger partial charge in [0, 0.05) is 25.6 Å². The number of para-hydroxylation sites is 1. The zero-order valence-corrected chi connectivity index (χ0v) is 12.5. The molecule has 0 aliphatic carbocycles. The minimum Gasteiger partial charge on any atom is -0.391 e. The Hall–Kier alpha value is -1.88. The first-order valence-corrected chi connectivity index (χ1v) is 7.38. The minimum atomic E-state index is -0.534. The summed E-state index contributed by atoms with van der Waals surface area (Å²) in [5, 5.41) is 12.4. The number of rotatable bonds is 5. The molecule has 5 nitrogen and oxygen atoms in total. The van der Waals surface area contributed by atoms with Crippen molar-refractivity contribution in [3.05, 3.63) is 29.8 Å². The molecule has 21 heavy (non-hydrogen) atoms. The van der Waals surface area contributed by atoms with E-state index >= 15 is 0 Å². The molecule has 0 spiro atoms. The molecule has 0 fully saturated rings. The number of aliphatic hydroxyl groups is 1. The summed E-state index contributed by atoms with van der Waals surface area (Å²) in [6.07, 6.45) is 1.51. The molecule has 0 aromatic heterocycles. The molecule has 2 atom stereocenters. The van der Waals surface area contributed by atoms with E-state index in [1.54, 1.807) is 0 Å². The van der Waals surface area contributed by atoms with Crippen LogP contribution in [0.4, 0.5) is 5.69 Å². The van der Waals surface area contributed by atoms with Gasteiger partial charge in [-0.15, -0.1) is 0 Å². The number of carbonyl (C=O) groups is 2. The molecule has 114 valence electrons. The highest BCUT2D eigenvalue weighted by atomic mass is 16.3. The largest absolute Gasteiger partial charge is 0.391 e. The van der Waals surface area contributed by atoms with Crippen LogP contribution in [0.3, 0.4) is 0 Å². The third kappa shape index (κ3) is 3.42. The first kappa shape index (κ1) is 15.5. The molecule has 0 saturated carbocycles. The lowest BCUT2D eigenvalue weighted by atomic mass is 10.1. The van der Waals surface area contributed by atoms with Crippen molar-refractivity contribution in [2.75, 3.05) is 11.4 Å². The minimum absolute atomic E-state index is 0.144. The Morgan fingerprint density at radius 3 is 2.81 bits per heavy atom. The molecule has 0 radical (unpaired) electrons. The molecule has 2 N–H and O–H groups in total. The monoisotopic (exact) mass is 290 g/mol. The quantitative estimate of drug-likeness (QED) is 0.857. The van der Waals surface area contributed by atoms with Gasteiger partial charge in [-0.3, -0.25) is 14.5 Å². The van der Waals surface area contributed by atoms with Crippen LogP contribution in [0.15, 0.2) is 24.3 Å². The molecule has 2 rings (SSSR count). The molecule has 1 unspecified atom stereocenters. The second-order valence-corrected chi connectivity index (χ2v) is 5.43. The van der Waals surface area contributed by atoms with Gasteiger partial charge in [-0.1, -0.05) is 31.5 Å². The van der Waals surface area contributed by atoms with Gasteiger partial charge in [0.1, 0.15) is 6.04 Å². The molecule has 1 aromatic rings. The third-order valence-electron chi connectivity index (χ3n) is 3.75. The van der Waals surface area contributed by atoms with Gasteiger partial charge < -0.3 is 10.4 Å². The summed E-state index contributed by atoms with van der Waals surface area (Å²) in [5.41, 5.74) is 1.81. The van der Waals surface area contributed by atoms with Crippen molar-refractivity contribution >= 4 is 17.5 Å². The average Bonchev–Trinajstić information content (AvgIpc) is 2.84. The van der Waals surface area contributed by atoms with Crippen molar-refractivity contribution in [2.45, 2.75) is 45.3 Å². The van der Waals surface area contributed by atoms with Gasteiger partial charge in [-0.25, -0.2) is 0 Å². The number of anilines is 1. The SMILES string of the molecule is CCCC(O)CNC(=O)[C@@H]1Cc2ccccc2N1C(C)=O. The second-order valence-electron chi connectivity index (χ2n) is 5.43. The van der Waals surface area contributed by atoms with Crippen molar-refractivity contribution in [2.24, 2.45) is 0 Å². The number of hydrogen-bond acceptors (Lipinski definition) is 3. The van der Waals surface area contributed by atoms with Gasteiger partial charge in [0.15, 0.2) is 0 Å². The lowest BCUT2D eigenvalue weighted by Gasteiger charge is -2.24. The van der Waals surface area contributed by atoms with E-state index in [1.807, 2.05) is 31.2 Å². The van der Waals surface area contributed by atoms with Crippen LogP contribution in [0.25, 0.3) is 0 Å². The summed E-state index contributed by atoms with van der Waals surface area (Å²) in [6.45, 7) is 3.68. The number of nitrogens with one attached hydrogen (secondary N) is 1. The van der Waals surface area contributed by atoms with E-state index in [-0.39, 0.29) is 18.4 Å². The topological polar surface area (TPSA) is 69.6 Å². The van der Waals surface area contributed by atoms with E-state index in [2.05, 4.69) is 5.32 Å². The van der Waals surface area contributed by atoms with Crippen molar-refractivity contribution in [1.29, 1.82) is 0 Å². The number of nitrogens with zero attached hydrogens (tertiary/aromatic N) is 1. The highest BCUT2D eigenvalue weighted by Gasteiger charge is 2.36. The normalized spacial score (nSPS) is 18.2. The Labute approximate surface area is 125 Å². The molecule has 2 amide bonds. The molecule has 1 aliphatic heterocycles. The molecule has 1 heterocycles. The fourth-order valence-electron chi connectivity index (χ4n) is 2.76. The van der Waals surface area contributed by atoms with Gasteiger partial charge in [-0.2, -0.15) is 0 Å². The predicted octanol–water partition coefficient (Wildman–Crippen LogP) is 1.24. The predicted molar refractivity (Wildman–Crippen MR) is 81.0 cm³/mol. The maximum absolute atomic E-state index is 12.3. The molecule has 5 heteroatoms. The molecule has 1 aromatic carbocycles. The zero-order chi connectivity index (χ0) is 15.4. The van der Waals surface area contributed by atoms with E-state index in [4.69, 9.17) is 0 Å². The van der Waals surface area contributed by atoms with Gasteiger partial charge in [0.25, 0.3) is 0 Å². The Morgan fingerprint density at radius 1 is 1.43 bits per heavy atom. The first-order chi connectivity index (χ1) is 10.0. The Bertz CT molecular complexity index is 530. The highest BCUT2D eigenvalue weighted by molar-refractivity contribution is 6.02. The van der Waals surface area contributed by atoms with Crippen LogP contribution in [-0.4, -0.2) is 35.6 Å². The molecule has 0 bridgehead atoms. The number of amides is 2. The van der Waals surface area contributed by atoms with Crippen LogP contribution in [0.2, 0.25) is 0 Å². The number of benzene rings is 1. The fraction of sp³-hybridized carbons (Fsp3) is 0.500. The smallest absolute Gasteiger partial charge is 0.243 e. The second kappa shape index (κ2) is 6.72. The fourth-order valence-corrected chi connectivity index (χ4v) is 2.76. The third-order valence-corrected chi connectivity index (χ3v) is 3.75. The van der Waals surface area contributed by atoms with E-state index < -0.39 is 12.1 Å². The Kier molecular flexibility index (Phi) is 4.96. The van der Waals surface area contributed by atoms with Crippen LogP contribution >= 0.6 is 0 Å². The van der Waals surface area contributed by atoms with Crippen LogP contribution in [0, 0.1) is 0 Å². The standard InChI is InChI=1S/C16H22N2O3/c1-3-6-13(20)10-17-16(21)15-9-12-7-4-5-8-14(12)18(15)11(2)19/h4-5,7-8,13,15,20H,3,6,9-10H2,1-2H3,(H,17,21)/t13?,15-/m0/s1. The summed E-state index contributed by atoms with van der Waals surface area (Å²) in [6, 6.07) is 7.04. The lowest BCUT2D eigenvalue weighted by Crippen LogP contribution is -2.48. The zero-order valence-electron chi connectivity index (χ0n) is 12.5. The molecule has 1 aliphatic rings. The van der Waals surface area contributed by atoms with E-state index in [0.29, 0.717) is 12.8 Å². The van der Waals surface area contributed by atoms with Crippen LogP contribution in [0.5, 0.6) is 0 Å². The van der Waals surface area contributed by atoms with Crippen LogP contribution in [0.1, 0.15) is 32.3 Å². The van der Waals surface area contributed by atoms with E-state index in [1.165, 1.54) is 11.8 Å². The van der Waals surface area contributed by atoms with Crippen molar-refractivity contribution in [3.63, 3.8) is 0 Å². The van der Waals surface area contributed by atoms with Crippen molar-refractivity contribution < 1.29 is 14.7 Å². The highest BCUT2D eigenvalue weighted by Crippen LogP contribution is 2.32. The van der Waals surface area contributed by atoms with Gasteiger partial charge in [0.05, 0.1) is 6.10 Å². The number of aliphatic hydroxyl groups excluding tert-OH is 1. The first-order valence-electron chi connectivity index (χ1n) is 7.38. The van der Waals surface area contributed by atoms with Crippen molar-refractivity contribution in [1.82, 2.24) is 5.32 Å². The summed E-state index contributed by atoms with van der Waals surface area (Å²) >= 11 is 0. The number of hydrogen-bond donors (Lipinski definition) is 2. The number of fused-ring (bicyclic) bond motifs is 1. The van der Waals surface area contributed by atoms with Crippen LogP contribution in [-0.2, 0) is 16.0 Å². The summed E-state index contributed by atoms with van der Waals surface area (Å²) in [4.78, 5) is 25.7. The molecular weight excluding hydrogens is 268 g/mol. The van der Waals surface area contributed by atoms with E-state index in [0.717, 1.165) is 17.7 Å². The molecular formula is C16H22N2O3. The maximum Gasteiger partial charge on any atom is 0.243 e. The summed E-state index contributed by atoms with van der Waals surface area (Å²) in [7, 11) is 0. The maximum atomic E-state index is 12.3. The Morgan fingerprint density at radius 2 is 2.14 bits per heavy atom.